The molecule has 0 bridgehead atoms. The molecule has 0 saturated heterocycles. The number of esters is 1. The molecular weight excluding hydrogens is 296 g/mol. The summed E-state index contributed by atoms with van der Waals surface area (Å²) in [5.74, 6) is -0.174. The van der Waals surface area contributed by atoms with Crippen molar-refractivity contribution in [2.24, 2.45) is 0 Å². The Bertz CT molecular complexity index is 472. The number of allylic oxidation sites excluding steroid dienone is 1. The van der Waals surface area contributed by atoms with Crippen molar-refractivity contribution < 1.29 is 18.8 Å². The second kappa shape index (κ2) is 7.09. The van der Waals surface area contributed by atoms with E-state index in [0.29, 0.717) is 25.0 Å². The highest BCUT2D eigenvalue weighted by molar-refractivity contribution is 6.74. The van der Waals surface area contributed by atoms with Crippen LogP contribution in [0.2, 0.25) is 18.1 Å². The summed E-state index contributed by atoms with van der Waals surface area (Å²) in [6.07, 6.45) is 1.16. The van der Waals surface area contributed by atoms with E-state index in [1.165, 1.54) is 0 Å². The van der Waals surface area contributed by atoms with Gasteiger partial charge in [0.25, 0.3) is 0 Å². The number of carbonyl (C=O) groups excluding carboxylic acids is 2. The van der Waals surface area contributed by atoms with Crippen LogP contribution in [0.25, 0.3) is 0 Å². The van der Waals surface area contributed by atoms with Gasteiger partial charge in [0, 0.05) is 6.42 Å². The summed E-state index contributed by atoms with van der Waals surface area (Å²) in [5.41, 5.74) is 1.58. The molecule has 0 fully saturated rings. The van der Waals surface area contributed by atoms with Crippen LogP contribution in [0.1, 0.15) is 53.9 Å². The number of hydrogen-bond donors (Lipinski definition) is 0. The molecule has 22 heavy (non-hydrogen) atoms. The van der Waals surface area contributed by atoms with Gasteiger partial charge in [-0.05, 0) is 44.0 Å². The van der Waals surface area contributed by atoms with E-state index in [0.717, 1.165) is 5.57 Å². The van der Waals surface area contributed by atoms with E-state index in [4.69, 9.17) is 9.16 Å². The number of carbonyl (C=O) groups is 2. The van der Waals surface area contributed by atoms with Gasteiger partial charge >= 0.3 is 5.97 Å². The average Bonchev–Trinajstić information content (AvgIpc) is 2.33. The molecule has 4 nitrogen and oxygen atoms in total. The van der Waals surface area contributed by atoms with Crippen LogP contribution in [0.15, 0.2) is 11.1 Å². The highest BCUT2D eigenvalue weighted by Crippen LogP contribution is 2.39. The molecule has 0 N–H and O–H groups in total. The molecular formula is C17H30O4Si. The van der Waals surface area contributed by atoms with Gasteiger partial charge in [-0.3, -0.25) is 9.59 Å². The average molecular weight is 327 g/mol. The fourth-order valence-corrected chi connectivity index (χ4v) is 3.68. The maximum absolute atomic E-state index is 12.2. The van der Waals surface area contributed by atoms with Gasteiger partial charge in [0.1, 0.15) is 0 Å². The van der Waals surface area contributed by atoms with Crippen molar-refractivity contribution in [1.82, 2.24) is 0 Å². The highest BCUT2D eigenvalue weighted by atomic mass is 28.4. The molecule has 0 unspecified atom stereocenters. The third-order valence-corrected chi connectivity index (χ3v) is 9.30. The molecule has 0 aromatic carbocycles. The molecule has 0 amide bonds. The summed E-state index contributed by atoms with van der Waals surface area (Å²) in [4.78, 5) is 23.9. The van der Waals surface area contributed by atoms with Crippen molar-refractivity contribution in [2.75, 3.05) is 6.61 Å². The zero-order chi connectivity index (χ0) is 17.1. The lowest BCUT2D eigenvalue weighted by Crippen LogP contribution is -2.45. The summed E-state index contributed by atoms with van der Waals surface area (Å²) >= 11 is 0. The van der Waals surface area contributed by atoms with Gasteiger partial charge in [0.15, 0.2) is 14.1 Å². The molecule has 0 saturated carbocycles. The summed E-state index contributed by atoms with van der Waals surface area (Å²) in [7, 11) is -1.92. The van der Waals surface area contributed by atoms with Gasteiger partial charge < -0.3 is 9.16 Å². The first-order valence-electron chi connectivity index (χ1n) is 8.03. The highest BCUT2D eigenvalue weighted by Gasteiger charge is 2.40. The minimum Gasteiger partial charge on any atom is -0.466 e. The van der Waals surface area contributed by atoms with Crippen molar-refractivity contribution in [1.29, 1.82) is 0 Å². The molecule has 1 atom stereocenters. The van der Waals surface area contributed by atoms with Gasteiger partial charge in [-0.25, -0.2) is 0 Å². The van der Waals surface area contributed by atoms with E-state index >= 15 is 0 Å². The van der Waals surface area contributed by atoms with Crippen LogP contribution in [0, 0.1) is 0 Å². The summed E-state index contributed by atoms with van der Waals surface area (Å²) < 4.78 is 11.4. The molecule has 1 aliphatic rings. The Morgan fingerprint density at radius 1 is 1.27 bits per heavy atom. The van der Waals surface area contributed by atoms with Crippen LogP contribution in [-0.2, 0) is 18.8 Å². The van der Waals surface area contributed by atoms with E-state index in [1.54, 1.807) is 13.8 Å². The van der Waals surface area contributed by atoms with E-state index < -0.39 is 8.32 Å². The van der Waals surface area contributed by atoms with Crippen molar-refractivity contribution in [2.45, 2.75) is 78.1 Å². The van der Waals surface area contributed by atoms with Crippen LogP contribution in [0.5, 0.6) is 0 Å². The Morgan fingerprint density at radius 3 is 2.36 bits per heavy atom. The predicted octanol–water partition coefficient (Wildman–Crippen LogP) is 4.01. The third-order valence-electron chi connectivity index (χ3n) is 4.77. The molecule has 0 aromatic rings. The monoisotopic (exact) mass is 326 g/mol. The smallest absolute Gasteiger partial charge is 0.309 e. The van der Waals surface area contributed by atoms with Gasteiger partial charge in [-0.2, -0.15) is 0 Å². The number of Topliss-reactive ketones (excluding diaryl/α,β-unsaturated/α-hetero) is 1. The van der Waals surface area contributed by atoms with Crippen molar-refractivity contribution in [3.05, 3.63) is 11.1 Å². The van der Waals surface area contributed by atoms with Crippen LogP contribution >= 0.6 is 0 Å². The van der Waals surface area contributed by atoms with Crippen LogP contribution in [0.3, 0.4) is 0 Å². The van der Waals surface area contributed by atoms with Crippen LogP contribution in [-0.4, -0.2) is 32.8 Å². The lowest BCUT2D eigenvalue weighted by atomic mass is 9.88. The first kappa shape index (κ1) is 19.1. The Labute approximate surface area is 135 Å². The zero-order valence-electron chi connectivity index (χ0n) is 15.0. The number of hydrogen-bond acceptors (Lipinski definition) is 4. The van der Waals surface area contributed by atoms with Crippen molar-refractivity contribution in [3.63, 3.8) is 0 Å². The largest absolute Gasteiger partial charge is 0.466 e. The number of rotatable bonds is 5. The molecule has 5 heteroatoms. The fourth-order valence-electron chi connectivity index (χ4n) is 2.32. The maximum Gasteiger partial charge on any atom is 0.309 e. The molecule has 1 rings (SSSR count). The Hall–Kier alpha value is -0.943. The predicted molar refractivity (Wildman–Crippen MR) is 90.3 cm³/mol. The molecule has 0 radical (unpaired) electrons. The van der Waals surface area contributed by atoms with Crippen molar-refractivity contribution >= 4 is 20.1 Å². The van der Waals surface area contributed by atoms with Crippen LogP contribution in [0.4, 0.5) is 0 Å². The Kier molecular flexibility index (Phi) is 6.16. The molecule has 0 heterocycles. The van der Waals surface area contributed by atoms with Gasteiger partial charge in [-0.1, -0.05) is 26.3 Å². The number of ketones is 1. The van der Waals surface area contributed by atoms with E-state index in [-0.39, 0.29) is 29.3 Å². The lowest BCUT2D eigenvalue weighted by molar-refractivity contribution is -0.142. The molecule has 0 spiro atoms. The van der Waals surface area contributed by atoms with Gasteiger partial charge in [0.05, 0.1) is 19.1 Å². The van der Waals surface area contributed by atoms with Gasteiger partial charge in [0.2, 0.25) is 0 Å². The van der Waals surface area contributed by atoms with E-state index in [2.05, 4.69) is 33.9 Å². The maximum atomic E-state index is 12.2. The SMILES string of the molecule is CCOC(=O)CC1=C(C)C(=O)C[C@H](O[Si](C)(C)C(C)(C)C)C1. The Morgan fingerprint density at radius 2 is 1.86 bits per heavy atom. The summed E-state index contributed by atoms with van der Waals surface area (Å²) in [6, 6.07) is 0. The standard InChI is InChI=1S/C17H30O4Si/c1-8-20-16(19)10-13-9-14(11-15(18)12(13)2)21-22(6,7)17(3,4)5/h14H,8-11H2,1-7H3/t14-/m1/s1. The van der Waals surface area contributed by atoms with E-state index in [9.17, 15) is 9.59 Å². The molecule has 1 aliphatic carbocycles. The van der Waals surface area contributed by atoms with Gasteiger partial charge in [-0.15, -0.1) is 0 Å². The topological polar surface area (TPSA) is 52.6 Å². The third kappa shape index (κ3) is 4.78. The molecule has 0 aromatic heterocycles. The van der Waals surface area contributed by atoms with Crippen molar-refractivity contribution in [3.8, 4) is 0 Å². The zero-order valence-corrected chi connectivity index (χ0v) is 16.0. The lowest BCUT2D eigenvalue weighted by Gasteiger charge is -2.40. The second-order valence-electron chi connectivity index (χ2n) is 7.54. The Balaban J connectivity index is 2.84. The van der Waals surface area contributed by atoms with E-state index in [1.807, 2.05) is 0 Å². The molecule has 0 aliphatic heterocycles. The fraction of sp³-hybridized carbons (Fsp3) is 0.765. The molecule has 126 valence electrons. The number of ether oxygens (including phenoxy) is 1. The quantitative estimate of drug-likeness (QED) is 0.566. The minimum atomic E-state index is -1.92. The minimum absolute atomic E-state index is 0.0919. The first-order valence-corrected chi connectivity index (χ1v) is 10.9. The summed E-state index contributed by atoms with van der Waals surface area (Å²) in [6.45, 7) is 14.9. The van der Waals surface area contributed by atoms with Crippen LogP contribution < -0.4 is 0 Å². The normalized spacial score (nSPS) is 20.3. The summed E-state index contributed by atoms with van der Waals surface area (Å²) in [5, 5.41) is 0.105. The second-order valence-corrected chi connectivity index (χ2v) is 12.3. The first-order chi connectivity index (χ1) is 9.98.